The summed E-state index contributed by atoms with van der Waals surface area (Å²) < 4.78 is 18.4. The minimum Gasteiger partial charge on any atom is -0.477 e. The van der Waals surface area contributed by atoms with Gasteiger partial charge in [-0.1, -0.05) is 36.4 Å². The Hall–Kier alpha value is -4.01. The number of carboxylic acids is 1. The van der Waals surface area contributed by atoms with E-state index in [1.54, 1.807) is 43.3 Å². The SMILES string of the molecule is CCOC(=O)C[C@@H](Cc1ccc(-c2cccc(F)c2)cc1)NC(=O)C(=N)C=C(N)C(=O)O. The summed E-state index contributed by atoms with van der Waals surface area (Å²) in [5.41, 5.74) is 6.24. The van der Waals surface area contributed by atoms with Gasteiger partial charge in [-0.15, -0.1) is 0 Å². The van der Waals surface area contributed by atoms with E-state index < -0.39 is 35.3 Å². The maximum Gasteiger partial charge on any atom is 0.351 e. The molecule has 2 aromatic carbocycles. The van der Waals surface area contributed by atoms with Gasteiger partial charge in [0.25, 0.3) is 5.91 Å². The highest BCUT2D eigenvalue weighted by Gasteiger charge is 2.20. The van der Waals surface area contributed by atoms with Gasteiger partial charge in [-0.3, -0.25) is 15.0 Å². The summed E-state index contributed by atoms with van der Waals surface area (Å²) in [6.45, 7) is 1.83. The topological polar surface area (TPSA) is 143 Å². The number of ether oxygens (including phenoxy) is 1. The van der Waals surface area contributed by atoms with E-state index in [0.29, 0.717) is 5.56 Å². The van der Waals surface area contributed by atoms with Crippen molar-refractivity contribution in [1.29, 1.82) is 5.41 Å². The second kappa shape index (κ2) is 11.4. The predicted molar refractivity (Wildman–Crippen MR) is 116 cm³/mol. The Balaban J connectivity index is 2.15. The Morgan fingerprint density at radius 2 is 1.88 bits per heavy atom. The summed E-state index contributed by atoms with van der Waals surface area (Å²) in [7, 11) is 0. The summed E-state index contributed by atoms with van der Waals surface area (Å²) in [6, 6.07) is 12.6. The largest absolute Gasteiger partial charge is 0.477 e. The van der Waals surface area contributed by atoms with Crippen molar-refractivity contribution in [3.63, 3.8) is 0 Å². The van der Waals surface area contributed by atoms with E-state index in [0.717, 1.165) is 17.2 Å². The van der Waals surface area contributed by atoms with Gasteiger partial charge in [0.2, 0.25) is 0 Å². The second-order valence-electron chi connectivity index (χ2n) is 6.91. The van der Waals surface area contributed by atoms with Crippen LogP contribution in [0.5, 0.6) is 0 Å². The lowest BCUT2D eigenvalue weighted by Gasteiger charge is -2.18. The van der Waals surface area contributed by atoms with Gasteiger partial charge in [-0.25, -0.2) is 9.18 Å². The molecule has 0 bridgehead atoms. The zero-order valence-electron chi connectivity index (χ0n) is 17.4. The summed E-state index contributed by atoms with van der Waals surface area (Å²) in [5.74, 6) is -3.20. The fraction of sp³-hybridized carbons (Fsp3) is 0.217. The molecule has 0 aromatic heterocycles. The maximum absolute atomic E-state index is 13.5. The molecule has 0 spiro atoms. The molecule has 32 heavy (non-hydrogen) atoms. The average molecular weight is 441 g/mol. The molecule has 1 atom stereocenters. The number of aliphatic carboxylic acids is 1. The first kappa shape index (κ1) is 24.3. The summed E-state index contributed by atoms with van der Waals surface area (Å²) >= 11 is 0. The third-order valence-electron chi connectivity index (χ3n) is 4.44. The molecule has 8 nitrogen and oxygen atoms in total. The molecule has 2 rings (SSSR count). The fourth-order valence-corrected chi connectivity index (χ4v) is 2.93. The van der Waals surface area contributed by atoms with Crippen molar-refractivity contribution in [1.82, 2.24) is 5.32 Å². The fourth-order valence-electron chi connectivity index (χ4n) is 2.93. The van der Waals surface area contributed by atoms with E-state index in [-0.39, 0.29) is 25.3 Å². The van der Waals surface area contributed by atoms with Crippen molar-refractivity contribution in [3.05, 3.63) is 71.7 Å². The Bertz CT molecular complexity index is 1030. The van der Waals surface area contributed by atoms with Crippen LogP contribution in [0.2, 0.25) is 0 Å². The van der Waals surface area contributed by atoms with Gasteiger partial charge < -0.3 is 20.9 Å². The van der Waals surface area contributed by atoms with Gasteiger partial charge in [0.1, 0.15) is 17.2 Å². The van der Waals surface area contributed by atoms with E-state index in [4.69, 9.17) is 21.0 Å². The number of nitrogens with one attached hydrogen (secondary N) is 2. The number of halogens is 1. The normalized spacial score (nSPS) is 12.0. The quantitative estimate of drug-likeness (QED) is 0.253. The van der Waals surface area contributed by atoms with Crippen LogP contribution in [0.3, 0.4) is 0 Å². The van der Waals surface area contributed by atoms with Crippen molar-refractivity contribution in [2.45, 2.75) is 25.8 Å². The molecule has 2 aromatic rings. The van der Waals surface area contributed by atoms with Crippen LogP contribution in [0.25, 0.3) is 11.1 Å². The molecule has 0 fully saturated rings. The number of hydrogen-bond donors (Lipinski definition) is 4. The first-order chi connectivity index (χ1) is 15.2. The van der Waals surface area contributed by atoms with Crippen LogP contribution in [0.1, 0.15) is 18.9 Å². The zero-order chi connectivity index (χ0) is 23.7. The van der Waals surface area contributed by atoms with E-state index in [9.17, 15) is 18.8 Å². The first-order valence-electron chi connectivity index (χ1n) is 9.80. The van der Waals surface area contributed by atoms with Gasteiger partial charge in [0.15, 0.2) is 0 Å². The molecule has 0 saturated carbocycles. The lowest BCUT2D eigenvalue weighted by atomic mass is 9.99. The van der Waals surface area contributed by atoms with Crippen LogP contribution in [0, 0.1) is 11.2 Å². The molecule has 0 saturated heterocycles. The molecule has 0 heterocycles. The van der Waals surface area contributed by atoms with Gasteiger partial charge in [0.05, 0.1) is 13.0 Å². The number of hydrogen-bond acceptors (Lipinski definition) is 6. The number of carbonyl (C=O) groups is 3. The van der Waals surface area contributed by atoms with Crippen LogP contribution >= 0.6 is 0 Å². The summed E-state index contributed by atoms with van der Waals surface area (Å²) in [5, 5.41) is 19.0. The first-order valence-corrected chi connectivity index (χ1v) is 9.80. The Kier molecular flexibility index (Phi) is 8.64. The third-order valence-corrected chi connectivity index (χ3v) is 4.44. The molecule has 0 unspecified atom stereocenters. The summed E-state index contributed by atoms with van der Waals surface area (Å²) in [6.07, 6.45) is 0.836. The van der Waals surface area contributed by atoms with Crippen molar-refractivity contribution in [2.24, 2.45) is 5.73 Å². The molecule has 168 valence electrons. The molecule has 5 N–H and O–H groups in total. The van der Waals surface area contributed by atoms with Gasteiger partial charge in [-0.05, 0) is 48.2 Å². The monoisotopic (exact) mass is 441 g/mol. The number of amides is 1. The minimum atomic E-state index is -1.45. The van der Waals surface area contributed by atoms with Crippen LogP contribution in [-0.2, 0) is 25.5 Å². The van der Waals surface area contributed by atoms with Gasteiger partial charge in [-0.2, -0.15) is 0 Å². The molecule has 0 aliphatic heterocycles. The van der Waals surface area contributed by atoms with Gasteiger partial charge in [0, 0.05) is 6.04 Å². The zero-order valence-corrected chi connectivity index (χ0v) is 17.4. The number of rotatable bonds is 10. The van der Waals surface area contributed by atoms with Crippen LogP contribution in [0.15, 0.2) is 60.3 Å². The van der Waals surface area contributed by atoms with E-state index in [1.807, 2.05) is 0 Å². The number of carboxylic acid groups (broad SMARTS) is 1. The van der Waals surface area contributed by atoms with Crippen LogP contribution in [-0.4, -0.2) is 41.3 Å². The van der Waals surface area contributed by atoms with Crippen LogP contribution < -0.4 is 11.1 Å². The molecule has 0 aliphatic rings. The van der Waals surface area contributed by atoms with Crippen molar-refractivity contribution < 1.29 is 28.6 Å². The smallest absolute Gasteiger partial charge is 0.351 e. The van der Waals surface area contributed by atoms with E-state index >= 15 is 0 Å². The Morgan fingerprint density at radius 3 is 2.47 bits per heavy atom. The molecule has 1 amide bonds. The number of benzene rings is 2. The second-order valence-corrected chi connectivity index (χ2v) is 6.91. The average Bonchev–Trinajstić information content (AvgIpc) is 2.74. The Labute approximate surface area is 184 Å². The number of carbonyl (C=O) groups excluding carboxylic acids is 2. The molecular weight excluding hydrogens is 417 g/mol. The lowest BCUT2D eigenvalue weighted by Crippen LogP contribution is -2.41. The molecule has 0 radical (unpaired) electrons. The van der Waals surface area contributed by atoms with Crippen molar-refractivity contribution in [2.75, 3.05) is 6.61 Å². The predicted octanol–water partition coefficient (Wildman–Crippen LogP) is 2.42. The van der Waals surface area contributed by atoms with Crippen LogP contribution in [0.4, 0.5) is 4.39 Å². The van der Waals surface area contributed by atoms with E-state index in [1.165, 1.54) is 12.1 Å². The number of nitrogens with two attached hydrogens (primary N) is 1. The number of esters is 1. The Morgan fingerprint density at radius 1 is 1.19 bits per heavy atom. The molecule has 9 heteroatoms. The minimum absolute atomic E-state index is 0.142. The lowest BCUT2D eigenvalue weighted by molar-refractivity contribution is -0.143. The van der Waals surface area contributed by atoms with Gasteiger partial charge >= 0.3 is 11.9 Å². The third kappa shape index (κ3) is 7.35. The maximum atomic E-state index is 13.5. The summed E-state index contributed by atoms with van der Waals surface area (Å²) in [4.78, 5) is 35.0. The van der Waals surface area contributed by atoms with Crippen molar-refractivity contribution >= 4 is 23.6 Å². The van der Waals surface area contributed by atoms with Crippen molar-refractivity contribution in [3.8, 4) is 11.1 Å². The van der Waals surface area contributed by atoms with E-state index in [2.05, 4.69) is 5.32 Å². The highest BCUT2D eigenvalue weighted by molar-refractivity contribution is 6.42. The highest BCUT2D eigenvalue weighted by Crippen LogP contribution is 2.21. The molecule has 0 aliphatic carbocycles. The highest BCUT2D eigenvalue weighted by atomic mass is 19.1. The standard InChI is InChI=1S/C23H24FN3O5/c1-2-32-21(28)12-18(27-22(29)19(25)13-20(26)23(30)31)10-14-6-8-15(9-7-14)16-4-3-5-17(24)11-16/h3-9,11,13,18,25H,2,10,12,26H2,1H3,(H,27,29)(H,30,31)/t18-/m1/s1. The molecular formula is C23H24FN3O5.